The highest BCUT2D eigenvalue weighted by Crippen LogP contribution is 2.41. The highest BCUT2D eigenvalue weighted by atomic mass is 35.5. The molecule has 0 amide bonds. The Kier molecular flexibility index (Phi) is 2.19. The van der Waals surface area contributed by atoms with Crippen molar-refractivity contribution in [3.05, 3.63) is 0 Å². The van der Waals surface area contributed by atoms with E-state index in [0.717, 1.165) is 12.8 Å². The van der Waals surface area contributed by atoms with Gasteiger partial charge in [-0.25, -0.2) is 0 Å². The molecule has 12 heavy (non-hydrogen) atoms. The van der Waals surface area contributed by atoms with E-state index in [1.54, 1.807) is 6.21 Å². The molecule has 0 N–H and O–H groups in total. The maximum atomic E-state index is 5.78. The first-order valence-corrected chi connectivity index (χ1v) is 4.77. The summed E-state index contributed by atoms with van der Waals surface area (Å²) in [5.74, 6) is -0.798. The van der Waals surface area contributed by atoms with Crippen molar-refractivity contribution in [3.8, 4) is 0 Å². The van der Waals surface area contributed by atoms with Crippen molar-refractivity contribution >= 4 is 29.4 Å². The SMILES string of the molecule is ClC(Cl)C12OCCCC1C=NO2. The molecule has 2 aliphatic heterocycles. The smallest absolute Gasteiger partial charge is 0.275 e. The highest BCUT2D eigenvalue weighted by molar-refractivity contribution is 6.45. The Bertz CT molecular complexity index is 210. The lowest BCUT2D eigenvalue weighted by atomic mass is 9.94. The molecule has 1 fully saturated rings. The number of fused-ring (bicyclic) bond motifs is 1. The molecule has 0 aromatic rings. The van der Waals surface area contributed by atoms with Gasteiger partial charge < -0.3 is 9.57 Å². The topological polar surface area (TPSA) is 30.8 Å². The molecule has 1 saturated heterocycles. The summed E-state index contributed by atoms with van der Waals surface area (Å²) in [6.07, 6.45) is 3.69. The van der Waals surface area contributed by atoms with Crippen LogP contribution in [0.15, 0.2) is 5.16 Å². The second-order valence-electron chi connectivity index (χ2n) is 2.97. The van der Waals surface area contributed by atoms with E-state index in [9.17, 15) is 0 Å². The fraction of sp³-hybridized carbons (Fsp3) is 0.857. The van der Waals surface area contributed by atoms with Gasteiger partial charge in [-0.1, -0.05) is 28.4 Å². The van der Waals surface area contributed by atoms with Crippen LogP contribution in [0, 0.1) is 5.92 Å². The molecule has 2 unspecified atom stereocenters. The van der Waals surface area contributed by atoms with Gasteiger partial charge in [0.15, 0.2) is 4.84 Å². The molecule has 0 aromatic carbocycles. The molecule has 0 radical (unpaired) electrons. The van der Waals surface area contributed by atoms with E-state index in [4.69, 9.17) is 32.8 Å². The van der Waals surface area contributed by atoms with E-state index in [2.05, 4.69) is 5.16 Å². The molecule has 2 heterocycles. The van der Waals surface area contributed by atoms with Crippen molar-refractivity contribution in [2.24, 2.45) is 11.1 Å². The first kappa shape index (κ1) is 8.60. The molecule has 0 aromatic heterocycles. The molecular formula is C7H9Cl2NO2. The van der Waals surface area contributed by atoms with E-state index in [1.165, 1.54) is 0 Å². The normalized spacial score (nSPS) is 39.8. The molecule has 0 bridgehead atoms. The van der Waals surface area contributed by atoms with Crippen LogP contribution >= 0.6 is 23.2 Å². The van der Waals surface area contributed by atoms with E-state index < -0.39 is 10.6 Å². The van der Waals surface area contributed by atoms with Crippen molar-refractivity contribution in [2.45, 2.75) is 23.5 Å². The van der Waals surface area contributed by atoms with Gasteiger partial charge >= 0.3 is 0 Å². The number of hydrogen-bond donors (Lipinski definition) is 0. The monoisotopic (exact) mass is 209 g/mol. The summed E-state index contributed by atoms with van der Waals surface area (Å²) in [6.45, 7) is 0.635. The summed E-state index contributed by atoms with van der Waals surface area (Å²) < 4.78 is 5.44. The van der Waals surface area contributed by atoms with E-state index in [-0.39, 0.29) is 5.92 Å². The van der Waals surface area contributed by atoms with Gasteiger partial charge in [-0.3, -0.25) is 0 Å². The van der Waals surface area contributed by atoms with Crippen molar-refractivity contribution in [3.63, 3.8) is 0 Å². The summed E-state index contributed by atoms with van der Waals surface area (Å²) in [6, 6.07) is 0. The number of nitrogens with zero attached hydrogens (tertiary/aromatic N) is 1. The zero-order valence-corrected chi connectivity index (χ0v) is 7.88. The minimum Gasteiger partial charge on any atom is -0.357 e. The van der Waals surface area contributed by atoms with Gasteiger partial charge in [0.25, 0.3) is 5.79 Å². The molecule has 2 atom stereocenters. The van der Waals surface area contributed by atoms with Crippen LogP contribution in [-0.4, -0.2) is 23.4 Å². The van der Waals surface area contributed by atoms with Crippen LogP contribution in [0.5, 0.6) is 0 Å². The van der Waals surface area contributed by atoms with Gasteiger partial charge in [0.05, 0.1) is 18.7 Å². The molecule has 68 valence electrons. The lowest BCUT2D eigenvalue weighted by Crippen LogP contribution is -2.48. The van der Waals surface area contributed by atoms with Crippen LogP contribution in [0.25, 0.3) is 0 Å². The third-order valence-electron chi connectivity index (χ3n) is 2.24. The molecule has 0 saturated carbocycles. The van der Waals surface area contributed by atoms with Crippen LogP contribution in [-0.2, 0) is 9.57 Å². The molecule has 0 spiro atoms. The molecule has 3 nitrogen and oxygen atoms in total. The molecule has 2 rings (SSSR count). The minimum atomic E-state index is -0.901. The summed E-state index contributed by atoms with van der Waals surface area (Å²) in [5, 5.41) is 3.70. The van der Waals surface area contributed by atoms with Gasteiger partial charge in [0, 0.05) is 0 Å². The highest BCUT2D eigenvalue weighted by Gasteiger charge is 2.52. The van der Waals surface area contributed by atoms with E-state index >= 15 is 0 Å². The fourth-order valence-electron chi connectivity index (χ4n) is 1.57. The molecule has 5 heteroatoms. The average molecular weight is 210 g/mol. The Hall–Kier alpha value is 0.01000. The quantitative estimate of drug-likeness (QED) is 0.619. The Morgan fingerprint density at radius 3 is 3.08 bits per heavy atom. The second-order valence-corrected chi connectivity index (χ2v) is 4.06. The summed E-state index contributed by atoms with van der Waals surface area (Å²) in [4.78, 5) is 4.40. The number of hydrogen-bond acceptors (Lipinski definition) is 3. The van der Waals surface area contributed by atoms with Crippen LogP contribution in [0.1, 0.15) is 12.8 Å². The molecule has 0 aliphatic carbocycles. The van der Waals surface area contributed by atoms with Crippen molar-refractivity contribution in [1.29, 1.82) is 0 Å². The Balaban J connectivity index is 2.20. The minimum absolute atomic E-state index is 0.103. The zero-order valence-electron chi connectivity index (χ0n) is 6.37. The number of oxime groups is 1. The number of ether oxygens (including phenoxy) is 1. The summed E-state index contributed by atoms with van der Waals surface area (Å²) in [5.41, 5.74) is 0. The number of alkyl halides is 2. The third-order valence-corrected chi connectivity index (χ3v) is 2.85. The predicted octanol–water partition coefficient (Wildman–Crippen LogP) is 1.93. The Morgan fingerprint density at radius 1 is 1.58 bits per heavy atom. The predicted molar refractivity (Wildman–Crippen MR) is 46.5 cm³/mol. The number of rotatable bonds is 1. The zero-order chi connectivity index (χ0) is 8.60. The van der Waals surface area contributed by atoms with Gasteiger partial charge in [0.2, 0.25) is 0 Å². The van der Waals surface area contributed by atoms with Crippen LogP contribution in [0.3, 0.4) is 0 Å². The first-order valence-electron chi connectivity index (χ1n) is 3.89. The van der Waals surface area contributed by atoms with Crippen LogP contribution in [0.4, 0.5) is 0 Å². The second kappa shape index (κ2) is 3.05. The Labute approximate surface area is 80.6 Å². The Morgan fingerprint density at radius 2 is 2.42 bits per heavy atom. The van der Waals surface area contributed by atoms with Crippen molar-refractivity contribution in [2.75, 3.05) is 6.61 Å². The third kappa shape index (κ3) is 1.11. The lowest BCUT2D eigenvalue weighted by Gasteiger charge is -2.36. The van der Waals surface area contributed by atoms with Gasteiger partial charge in [-0.05, 0) is 12.8 Å². The number of halogens is 2. The maximum absolute atomic E-state index is 5.78. The van der Waals surface area contributed by atoms with Gasteiger partial charge in [0.1, 0.15) is 0 Å². The standard InChI is InChI=1S/C7H9Cl2NO2/c8-6(9)7-5(4-10-12-7)2-1-3-11-7/h4-6H,1-3H2. The van der Waals surface area contributed by atoms with Crippen molar-refractivity contribution < 1.29 is 9.57 Å². The maximum Gasteiger partial charge on any atom is 0.275 e. The molecular weight excluding hydrogens is 201 g/mol. The van der Waals surface area contributed by atoms with Crippen molar-refractivity contribution in [1.82, 2.24) is 0 Å². The summed E-state index contributed by atoms with van der Waals surface area (Å²) >= 11 is 11.6. The van der Waals surface area contributed by atoms with E-state index in [0.29, 0.717) is 6.61 Å². The first-order chi connectivity index (χ1) is 5.76. The average Bonchev–Trinajstić information content (AvgIpc) is 2.48. The summed E-state index contributed by atoms with van der Waals surface area (Å²) in [7, 11) is 0. The van der Waals surface area contributed by atoms with Gasteiger partial charge in [-0.2, -0.15) is 0 Å². The molecule has 2 aliphatic rings. The van der Waals surface area contributed by atoms with Crippen LogP contribution in [0.2, 0.25) is 0 Å². The van der Waals surface area contributed by atoms with Gasteiger partial charge in [-0.15, -0.1) is 0 Å². The fourth-order valence-corrected chi connectivity index (χ4v) is 2.10. The van der Waals surface area contributed by atoms with Crippen LogP contribution < -0.4 is 0 Å². The lowest BCUT2D eigenvalue weighted by molar-refractivity contribution is -0.249. The van der Waals surface area contributed by atoms with E-state index in [1.807, 2.05) is 0 Å². The largest absolute Gasteiger partial charge is 0.357 e.